The van der Waals surface area contributed by atoms with E-state index in [9.17, 15) is 31.5 Å². The van der Waals surface area contributed by atoms with Crippen molar-refractivity contribution in [3.05, 3.63) is 107 Å². The van der Waals surface area contributed by atoms with Crippen molar-refractivity contribution in [3.63, 3.8) is 0 Å². The molecular formula is C36H39N3O9S2. The molecule has 0 saturated heterocycles. The van der Waals surface area contributed by atoms with Crippen molar-refractivity contribution in [3.8, 4) is 11.5 Å². The molecule has 4 aromatic rings. The quantitative estimate of drug-likeness (QED) is 0.194. The minimum Gasteiger partial charge on any atom is -0.497 e. The van der Waals surface area contributed by atoms with Gasteiger partial charge in [0, 0.05) is 17.8 Å². The van der Waals surface area contributed by atoms with E-state index in [1.54, 1.807) is 80.3 Å². The molecule has 1 aliphatic heterocycles. The number of hydrogen-bond donors (Lipinski definition) is 2. The lowest BCUT2D eigenvalue weighted by atomic mass is 10.0. The van der Waals surface area contributed by atoms with E-state index >= 15 is 0 Å². The number of para-hydroxylation sites is 1. The molecule has 0 fully saturated rings. The van der Waals surface area contributed by atoms with Gasteiger partial charge in [-0.05, 0) is 87.2 Å². The molecule has 5 rings (SSSR count). The second-order valence-electron chi connectivity index (χ2n) is 11.9. The van der Waals surface area contributed by atoms with E-state index in [1.165, 1.54) is 31.4 Å². The van der Waals surface area contributed by atoms with Crippen LogP contribution in [-0.2, 0) is 36.1 Å². The Balaban J connectivity index is 1.62. The number of aryl methyl sites for hydroxylation is 3. The molecule has 1 aliphatic rings. The van der Waals surface area contributed by atoms with E-state index in [0.717, 1.165) is 9.87 Å². The number of anilines is 2. The van der Waals surface area contributed by atoms with Gasteiger partial charge in [-0.15, -0.1) is 0 Å². The van der Waals surface area contributed by atoms with Crippen molar-refractivity contribution in [1.29, 1.82) is 0 Å². The van der Waals surface area contributed by atoms with Crippen LogP contribution in [0.25, 0.3) is 0 Å². The Morgan fingerprint density at radius 1 is 0.940 bits per heavy atom. The summed E-state index contributed by atoms with van der Waals surface area (Å²) in [6.45, 7) is 6.44. The zero-order valence-electron chi connectivity index (χ0n) is 28.3. The molecule has 264 valence electrons. The molecule has 4 aromatic carbocycles. The number of nitrogens with one attached hydrogen (secondary N) is 1. The van der Waals surface area contributed by atoms with Gasteiger partial charge >= 0.3 is 5.97 Å². The number of benzene rings is 4. The number of carboxylic acid groups (broad SMARTS) is 1. The molecule has 0 radical (unpaired) electrons. The van der Waals surface area contributed by atoms with Crippen molar-refractivity contribution in [2.45, 2.75) is 49.9 Å². The standard InChI is InChI=1S/C36H39N3O9S2/c1-6-48-31-15-7-8-16-32(31)49(43,44)37-36(42)34(26-11-9-12-27(21-26)47-5)38-18-17-28-29(38)13-10-14-30(28)39(22-33(40)41)50(45,46)35-24(3)19-23(2)20-25(35)4/h7-16,19-21,34H,6,17-18,22H2,1-5H3,(H,37,42)(H,40,41). The summed E-state index contributed by atoms with van der Waals surface area (Å²) in [5.41, 5.74) is 3.32. The van der Waals surface area contributed by atoms with Crippen LogP contribution in [0.1, 0.15) is 40.8 Å². The zero-order valence-corrected chi connectivity index (χ0v) is 30.0. The minimum absolute atomic E-state index is 0.0166. The van der Waals surface area contributed by atoms with Crippen molar-refractivity contribution in [2.75, 3.05) is 36.0 Å². The average molecular weight is 722 g/mol. The molecule has 14 heteroatoms. The predicted molar refractivity (Wildman–Crippen MR) is 189 cm³/mol. The van der Waals surface area contributed by atoms with Crippen molar-refractivity contribution in [2.24, 2.45) is 0 Å². The Morgan fingerprint density at radius 3 is 2.28 bits per heavy atom. The smallest absolute Gasteiger partial charge is 0.324 e. The average Bonchev–Trinajstić information content (AvgIpc) is 3.47. The lowest BCUT2D eigenvalue weighted by Gasteiger charge is -2.31. The van der Waals surface area contributed by atoms with Gasteiger partial charge in [0.15, 0.2) is 0 Å². The van der Waals surface area contributed by atoms with Crippen LogP contribution in [0.4, 0.5) is 11.4 Å². The highest BCUT2D eigenvalue weighted by Crippen LogP contribution is 2.42. The monoisotopic (exact) mass is 721 g/mol. The third-order valence-electron chi connectivity index (χ3n) is 8.38. The summed E-state index contributed by atoms with van der Waals surface area (Å²) < 4.78 is 69.9. The maximum atomic E-state index is 14.3. The molecule has 1 atom stereocenters. The SMILES string of the molecule is CCOc1ccccc1S(=O)(=O)NC(=O)C(c1cccc(OC)c1)N1CCc2c1cccc2N(CC(=O)O)S(=O)(=O)c1c(C)cc(C)cc1C. The predicted octanol–water partition coefficient (Wildman–Crippen LogP) is 4.91. The van der Waals surface area contributed by atoms with Crippen LogP contribution in [0, 0.1) is 20.8 Å². The number of carboxylic acids is 1. The number of ether oxygens (including phenoxy) is 2. The number of aliphatic carboxylic acids is 1. The number of amides is 1. The number of nitrogens with zero attached hydrogens (tertiary/aromatic N) is 2. The molecule has 0 aliphatic carbocycles. The highest BCUT2D eigenvalue weighted by Gasteiger charge is 2.39. The first-order valence-corrected chi connectivity index (χ1v) is 18.7. The van der Waals surface area contributed by atoms with Crippen LogP contribution < -0.4 is 23.4 Å². The summed E-state index contributed by atoms with van der Waals surface area (Å²) in [6.07, 6.45) is 0.233. The lowest BCUT2D eigenvalue weighted by molar-refractivity contribution is -0.135. The van der Waals surface area contributed by atoms with Crippen LogP contribution >= 0.6 is 0 Å². The molecule has 0 bridgehead atoms. The number of methoxy groups -OCH3 is 1. The van der Waals surface area contributed by atoms with E-state index < -0.39 is 44.5 Å². The first kappa shape index (κ1) is 36.2. The summed E-state index contributed by atoms with van der Waals surface area (Å²) in [5, 5.41) is 9.91. The number of carbonyl (C=O) groups excluding carboxylic acids is 1. The molecular weight excluding hydrogens is 683 g/mol. The van der Waals surface area contributed by atoms with Crippen molar-refractivity contribution >= 4 is 43.3 Å². The molecule has 2 N–H and O–H groups in total. The summed E-state index contributed by atoms with van der Waals surface area (Å²) in [4.78, 5) is 27.9. The molecule has 1 amide bonds. The van der Waals surface area contributed by atoms with Gasteiger partial charge in [-0.3, -0.25) is 13.9 Å². The highest BCUT2D eigenvalue weighted by atomic mass is 32.2. The van der Waals surface area contributed by atoms with Gasteiger partial charge in [0.05, 0.1) is 24.3 Å². The second kappa shape index (κ2) is 14.4. The number of rotatable bonds is 13. The van der Waals surface area contributed by atoms with Crippen LogP contribution in [-0.4, -0.2) is 60.6 Å². The third-order valence-corrected chi connectivity index (χ3v) is 11.8. The van der Waals surface area contributed by atoms with E-state index in [1.807, 2.05) is 6.92 Å². The van der Waals surface area contributed by atoms with E-state index in [4.69, 9.17) is 9.47 Å². The Labute approximate surface area is 292 Å². The first-order valence-electron chi connectivity index (χ1n) is 15.8. The Kier molecular flexibility index (Phi) is 10.4. The fourth-order valence-electron chi connectivity index (χ4n) is 6.52. The molecule has 50 heavy (non-hydrogen) atoms. The summed E-state index contributed by atoms with van der Waals surface area (Å²) >= 11 is 0. The molecule has 1 unspecified atom stereocenters. The topological polar surface area (TPSA) is 160 Å². The normalized spacial score (nSPS) is 13.3. The first-order chi connectivity index (χ1) is 23.7. The third kappa shape index (κ3) is 7.12. The fraction of sp³-hybridized carbons (Fsp3) is 0.278. The maximum Gasteiger partial charge on any atom is 0.324 e. The summed E-state index contributed by atoms with van der Waals surface area (Å²) in [7, 11) is -7.33. The number of sulfonamides is 2. The molecule has 0 spiro atoms. The molecule has 12 nitrogen and oxygen atoms in total. The van der Waals surface area contributed by atoms with E-state index in [0.29, 0.717) is 33.7 Å². The second-order valence-corrected chi connectivity index (χ2v) is 15.3. The number of fused-ring (bicyclic) bond motifs is 1. The largest absolute Gasteiger partial charge is 0.497 e. The maximum absolute atomic E-state index is 14.3. The van der Waals surface area contributed by atoms with Gasteiger partial charge in [0.2, 0.25) is 0 Å². The van der Waals surface area contributed by atoms with Gasteiger partial charge in [-0.1, -0.05) is 48.0 Å². The van der Waals surface area contributed by atoms with Crippen LogP contribution in [0.15, 0.2) is 88.7 Å². The zero-order chi connectivity index (χ0) is 36.4. The van der Waals surface area contributed by atoms with Crippen molar-refractivity contribution in [1.82, 2.24) is 4.72 Å². The van der Waals surface area contributed by atoms with E-state index in [-0.39, 0.29) is 40.8 Å². The minimum atomic E-state index is -4.42. The van der Waals surface area contributed by atoms with Gasteiger partial charge in [-0.25, -0.2) is 21.6 Å². The van der Waals surface area contributed by atoms with Gasteiger partial charge in [-0.2, -0.15) is 0 Å². The Hall–Kier alpha value is -5.08. The molecule has 0 saturated carbocycles. The van der Waals surface area contributed by atoms with Gasteiger partial charge < -0.3 is 19.5 Å². The van der Waals surface area contributed by atoms with Gasteiger partial charge in [0.1, 0.15) is 29.0 Å². The van der Waals surface area contributed by atoms with Crippen molar-refractivity contribution < 1.29 is 41.0 Å². The van der Waals surface area contributed by atoms with Crippen LogP contribution in [0.3, 0.4) is 0 Å². The number of hydrogen-bond acceptors (Lipinski definition) is 9. The van der Waals surface area contributed by atoms with E-state index in [2.05, 4.69) is 4.72 Å². The van der Waals surface area contributed by atoms with Crippen LogP contribution in [0.5, 0.6) is 11.5 Å². The summed E-state index contributed by atoms with van der Waals surface area (Å²) in [6, 6.07) is 19.7. The molecule has 1 heterocycles. The lowest BCUT2D eigenvalue weighted by Crippen LogP contribution is -2.42. The highest BCUT2D eigenvalue weighted by molar-refractivity contribution is 7.93. The van der Waals surface area contributed by atoms with Crippen LogP contribution in [0.2, 0.25) is 0 Å². The summed E-state index contributed by atoms with van der Waals surface area (Å²) in [5.74, 6) is -1.71. The molecule has 0 aromatic heterocycles. The fourth-order valence-corrected chi connectivity index (χ4v) is 9.52. The number of carbonyl (C=O) groups is 2. The van der Waals surface area contributed by atoms with Gasteiger partial charge in [0.25, 0.3) is 26.0 Å². The Bertz CT molecular complexity index is 2150. The Morgan fingerprint density at radius 2 is 1.62 bits per heavy atom.